The van der Waals surface area contributed by atoms with Crippen molar-refractivity contribution in [3.8, 4) is 0 Å². The van der Waals surface area contributed by atoms with Crippen molar-refractivity contribution in [2.75, 3.05) is 25.3 Å². The lowest BCUT2D eigenvalue weighted by Crippen LogP contribution is -2.45. The normalized spacial score (nSPS) is 12.2. The molecule has 0 spiro atoms. The van der Waals surface area contributed by atoms with E-state index in [2.05, 4.69) is 15.6 Å². The van der Waals surface area contributed by atoms with Gasteiger partial charge in [-0.15, -0.1) is 0 Å². The number of hydrogen-bond donors (Lipinski definition) is 5. The fourth-order valence-electron chi connectivity index (χ4n) is 2.87. The van der Waals surface area contributed by atoms with Crippen molar-refractivity contribution < 1.29 is 19.4 Å². The lowest BCUT2D eigenvalue weighted by atomic mass is 9.91. The summed E-state index contributed by atoms with van der Waals surface area (Å²) in [5.41, 5.74) is 6.63. The highest BCUT2D eigenvalue weighted by atomic mass is 16.5. The van der Waals surface area contributed by atoms with Crippen molar-refractivity contribution in [3.05, 3.63) is 53.2 Å². The Kier molecular flexibility index (Phi) is 7.13. The van der Waals surface area contributed by atoms with Gasteiger partial charge in [-0.05, 0) is 19.4 Å². The summed E-state index contributed by atoms with van der Waals surface area (Å²) in [5.74, 6) is -0.0835. The molecule has 0 fully saturated rings. The van der Waals surface area contributed by atoms with Gasteiger partial charge in [-0.2, -0.15) is 0 Å². The van der Waals surface area contributed by atoms with Crippen LogP contribution in [-0.2, 0) is 16.1 Å². The molecule has 1 atom stereocenters. The number of nitrogens with one attached hydrogen (secondary N) is 3. The molecule has 2 rings (SSSR count). The van der Waals surface area contributed by atoms with Crippen LogP contribution in [0.4, 0.5) is 16.3 Å². The number of anilines is 2. The molecule has 156 valence electrons. The first kappa shape index (κ1) is 22.1. The minimum atomic E-state index is -0.682. The molecule has 6 N–H and O–H groups in total. The molecule has 0 aliphatic rings. The predicted octanol–water partition coefficient (Wildman–Crippen LogP) is 2.42. The van der Waals surface area contributed by atoms with Crippen LogP contribution in [0.5, 0.6) is 0 Å². The summed E-state index contributed by atoms with van der Waals surface area (Å²) < 4.78 is 10.4. The molecule has 1 aromatic heterocycles. The standard InChI is InChI=1S/C20H27N5O4/c1-20(2,29-4)17(12-8-6-5-7-9-12)25-19(27)24-15-10-13(21)16(18(22)28-3)14(11-26)23-15/h5-10,17,22,26H,11H2,1-4H3,(H4,21,23,24,25,27). The van der Waals surface area contributed by atoms with Crippen molar-refractivity contribution >= 4 is 23.4 Å². The summed E-state index contributed by atoms with van der Waals surface area (Å²) in [4.78, 5) is 16.8. The van der Waals surface area contributed by atoms with Gasteiger partial charge >= 0.3 is 6.03 Å². The van der Waals surface area contributed by atoms with Crippen molar-refractivity contribution in [1.82, 2.24) is 10.3 Å². The van der Waals surface area contributed by atoms with Gasteiger partial charge in [-0.3, -0.25) is 10.7 Å². The molecular formula is C20H27N5O4. The van der Waals surface area contributed by atoms with Gasteiger partial charge in [-0.1, -0.05) is 30.3 Å². The van der Waals surface area contributed by atoms with Crippen molar-refractivity contribution in [1.29, 1.82) is 5.41 Å². The maximum Gasteiger partial charge on any atom is 0.320 e. The van der Waals surface area contributed by atoms with Crippen molar-refractivity contribution in [2.45, 2.75) is 32.1 Å². The summed E-state index contributed by atoms with van der Waals surface area (Å²) in [6, 6.07) is 9.90. The molecule has 0 saturated heterocycles. The number of rotatable bonds is 7. The third kappa shape index (κ3) is 5.21. The molecular weight excluding hydrogens is 374 g/mol. The molecule has 9 nitrogen and oxygen atoms in total. The summed E-state index contributed by atoms with van der Waals surface area (Å²) in [6.07, 6.45) is 0. The fourth-order valence-corrected chi connectivity index (χ4v) is 2.87. The molecule has 0 saturated carbocycles. The molecule has 2 aromatic rings. The minimum Gasteiger partial charge on any atom is -0.481 e. The summed E-state index contributed by atoms with van der Waals surface area (Å²) in [6.45, 7) is 3.28. The van der Waals surface area contributed by atoms with Crippen LogP contribution in [0, 0.1) is 5.41 Å². The lowest BCUT2D eigenvalue weighted by Gasteiger charge is -2.34. The molecule has 2 amide bonds. The first-order chi connectivity index (χ1) is 13.7. The summed E-state index contributed by atoms with van der Waals surface area (Å²) >= 11 is 0. The second-order valence-corrected chi connectivity index (χ2v) is 6.86. The minimum absolute atomic E-state index is 0.129. The third-order valence-electron chi connectivity index (χ3n) is 4.58. The van der Waals surface area contributed by atoms with E-state index in [9.17, 15) is 9.90 Å². The van der Waals surface area contributed by atoms with Crippen LogP contribution in [0.2, 0.25) is 0 Å². The Balaban J connectivity index is 2.26. The van der Waals surface area contributed by atoms with Crippen LogP contribution < -0.4 is 16.4 Å². The highest BCUT2D eigenvalue weighted by Gasteiger charge is 2.32. The topological polar surface area (TPSA) is 143 Å². The Labute approximate surface area is 169 Å². The number of nitrogen functional groups attached to an aromatic ring is 1. The number of hydrogen-bond acceptors (Lipinski definition) is 7. The average Bonchev–Trinajstić information content (AvgIpc) is 2.71. The number of aromatic nitrogens is 1. The Morgan fingerprint density at radius 1 is 1.31 bits per heavy atom. The Morgan fingerprint density at radius 3 is 2.52 bits per heavy atom. The van der Waals surface area contributed by atoms with Crippen molar-refractivity contribution in [3.63, 3.8) is 0 Å². The number of pyridine rings is 1. The number of nitrogens with two attached hydrogens (primary N) is 1. The molecule has 9 heteroatoms. The van der Waals surface area contributed by atoms with E-state index in [0.717, 1.165) is 5.56 Å². The van der Waals surface area contributed by atoms with E-state index in [1.807, 2.05) is 44.2 Å². The summed E-state index contributed by atoms with van der Waals surface area (Å²) in [7, 11) is 2.90. The Hall–Kier alpha value is -3.17. The van der Waals surface area contributed by atoms with Crippen LogP contribution in [0.3, 0.4) is 0 Å². The Morgan fingerprint density at radius 2 is 1.97 bits per heavy atom. The SMILES string of the molecule is COC(=N)c1c(N)cc(NC(=O)NC(c2ccccc2)C(C)(C)OC)nc1CO. The van der Waals surface area contributed by atoms with Gasteiger partial charge in [0.25, 0.3) is 0 Å². The van der Waals surface area contributed by atoms with Gasteiger partial charge in [0.1, 0.15) is 5.82 Å². The molecule has 0 bridgehead atoms. The second kappa shape index (κ2) is 9.35. The lowest BCUT2D eigenvalue weighted by molar-refractivity contribution is -0.00740. The van der Waals surface area contributed by atoms with Gasteiger partial charge in [0.05, 0.1) is 36.6 Å². The number of benzene rings is 1. The number of aliphatic hydroxyl groups excluding tert-OH is 1. The Bertz CT molecular complexity index is 871. The van der Waals surface area contributed by atoms with E-state index in [1.54, 1.807) is 7.11 Å². The van der Waals surface area contributed by atoms with E-state index < -0.39 is 24.3 Å². The number of carbonyl (C=O) groups excluding carboxylic acids is 1. The largest absolute Gasteiger partial charge is 0.481 e. The quantitative estimate of drug-likeness (QED) is 0.356. The van der Waals surface area contributed by atoms with E-state index in [-0.39, 0.29) is 28.7 Å². The maximum absolute atomic E-state index is 12.7. The third-order valence-corrected chi connectivity index (χ3v) is 4.58. The number of carbonyl (C=O) groups is 1. The molecule has 29 heavy (non-hydrogen) atoms. The monoisotopic (exact) mass is 401 g/mol. The smallest absolute Gasteiger partial charge is 0.320 e. The predicted molar refractivity (Wildman–Crippen MR) is 111 cm³/mol. The number of methoxy groups -OCH3 is 2. The maximum atomic E-state index is 12.7. The summed E-state index contributed by atoms with van der Waals surface area (Å²) in [5, 5.41) is 22.9. The van der Waals surface area contributed by atoms with Gasteiger partial charge < -0.3 is 25.6 Å². The van der Waals surface area contributed by atoms with Gasteiger partial charge in [0.15, 0.2) is 0 Å². The van der Waals surface area contributed by atoms with Crippen molar-refractivity contribution in [2.24, 2.45) is 0 Å². The number of ether oxygens (including phenoxy) is 2. The zero-order valence-electron chi connectivity index (χ0n) is 16.9. The average molecular weight is 401 g/mol. The first-order valence-electron chi connectivity index (χ1n) is 8.94. The second-order valence-electron chi connectivity index (χ2n) is 6.86. The molecule has 0 radical (unpaired) electrons. The van der Waals surface area contributed by atoms with E-state index in [0.29, 0.717) is 0 Å². The number of nitrogens with zero attached hydrogens (tertiary/aromatic N) is 1. The van der Waals surface area contributed by atoms with Crippen LogP contribution in [0.15, 0.2) is 36.4 Å². The number of amides is 2. The number of urea groups is 1. The molecule has 1 heterocycles. The highest BCUT2D eigenvalue weighted by molar-refractivity contribution is 5.99. The van der Waals surface area contributed by atoms with Gasteiger partial charge in [0, 0.05) is 18.9 Å². The van der Waals surface area contributed by atoms with E-state index >= 15 is 0 Å². The van der Waals surface area contributed by atoms with Gasteiger partial charge in [0.2, 0.25) is 5.90 Å². The van der Waals surface area contributed by atoms with Crippen LogP contribution >= 0.6 is 0 Å². The molecule has 1 unspecified atom stereocenters. The van der Waals surface area contributed by atoms with E-state index in [1.165, 1.54) is 13.2 Å². The molecule has 0 aliphatic heterocycles. The molecule has 0 aliphatic carbocycles. The number of aliphatic hydroxyl groups is 1. The van der Waals surface area contributed by atoms with Crippen LogP contribution in [0.25, 0.3) is 0 Å². The zero-order chi connectivity index (χ0) is 21.6. The van der Waals surface area contributed by atoms with Gasteiger partial charge in [-0.25, -0.2) is 9.78 Å². The van der Waals surface area contributed by atoms with Crippen LogP contribution in [-0.4, -0.2) is 41.8 Å². The van der Waals surface area contributed by atoms with E-state index in [4.69, 9.17) is 20.6 Å². The fraction of sp³-hybridized carbons (Fsp3) is 0.350. The highest BCUT2D eigenvalue weighted by Crippen LogP contribution is 2.28. The molecule has 1 aromatic carbocycles. The zero-order valence-corrected chi connectivity index (χ0v) is 16.9. The first-order valence-corrected chi connectivity index (χ1v) is 8.94. The van der Waals surface area contributed by atoms with Crippen LogP contribution in [0.1, 0.15) is 36.7 Å².